The number of benzene rings is 1. The maximum Gasteiger partial charge on any atom is 0.386 e. The van der Waals surface area contributed by atoms with E-state index in [1.807, 2.05) is 0 Å². The highest BCUT2D eigenvalue weighted by atomic mass is 32.2. The lowest BCUT2D eigenvalue weighted by atomic mass is 10.3. The topological polar surface area (TPSA) is 103 Å². The van der Waals surface area contributed by atoms with Crippen molar-refractivity contribution in [3.05, 3.63) is 23.2 Å². The maximum atomic E-state index is 10.6. The summed E-state index contributed by atoms with van der Waals surface area (Å²) in [5.74, 6) is -0.602. The summed E-state index contributed by atoms with van der Waals surface area (Å²) in [5, 5.41) is 17.3. The molecule has 13 heavy (non-hydrogen) atoms. The molecular weight excluding hydrogens is 196 g/mol. The second-order valence-corrected chi connectivity index (χ2v) is 3.62. The van der Waals surface area contributed by atoms with Crippen LogP contribution in [0.1, 0.15) is 0 Å². The van der Waals surface area contributed by atoms with Crippen molar-refractivity contribution in [1.29, 1.82) is 5.39 Å². The highest BCUT2D eigenvalue weighted by molar-refractivity contribution is 7.86. The first kappa shape index (κ1) is 9.44. The molecule has 0 aromatic heterocycles. The number of hydrogen-bond donors (Lipinski definition) is 2. The van der Waals surface area contributed by atoms with Gasteiger partial charge in [0.05, 0.1) is 6.07 Å². The summed E-state index contributed by atoms with van der Waals surface area (Å²) in [6.07, 6.45) is 0. The Balaban J connectivity index is 3.47. The van der Waals surface area contributed by atoms with E-state index in [1.165, 1.54) is 6.07 Å². The first-order chi connectivity index (χ1) is 5.95. The van der Waals surface area contributed by atoms with Gasteiger partial charge in [0.2, 0.25) is 5.39 Å². The van der Waals surface area contributed by atoms with Crippen LogP contribution in [0, 0.1) is 5.39 Å². The van der Waals surface area contributed by atoms with Crippen LogP contribution in [-0.2, 0) is 10.1 Å². The smallest absolute Gasteiger partial charge is 0.386 e. The van der Waals surface area contributed by atoms with E-state index in [4.69, 9.17) is 15.1 Å². The van der Waals surface area contributed by atoms with Crippen molar-refractivity contribution in [2.24, 2.45) is 0 Å². The molecule has 1 aromatic carbocycles. The van der Waals surface area contributed by atoms with Gasteiger partial charge in [-0.05, 0) is 6.07 Å². The van der Waals surface area contributed by atoms with Crippen LogP contribution in [0.25, 0.3) is 4.98 Å². The van der Waals surface area contributed by atoms with Crippen molar-refractivity contribution < 1.29 is 18.1 Å². The molecule has 0 radical (unpaired) electrons. The zero-order valence-electron chi connectivity index (χ0n) is 6.25. The Morgan fingerprint density at radius 3 is 2.46 bits per heavy atom. The molecular formula is C6H5N2O4S+. The normalized spacial score (nSPS) is 10.8. The zero-order valence-corrected chi connectivity index (χ0v) is 7.06. The molecule has 0 bridgehead atoms. The Hall–Kier alpha value is -1.65. The lowest BCUT2D eigenvalue weighted by Crippen LogP contribution is -1.97. The van der Waals surface area contributed by atoms with E-state index in [1.54, 1.807) is 0 Å². The summed E-state index contributed by atoms with van der Waals surface area (Å²) in [5.41, 5.74) is -0.0783. The highest BCUT2D eigenvalue weighted by Gasteiger charge is 2.19. The third-order valence-electron chi connectivity index (χ3n) is 1.34. The van der Waals surface area contributed by atoms with Crippen molar-refractivity contribution in [2.45, 2.75) is 4.90 Å². The highest BCUT2D eigenvalue weighted by Crippen LogP contribution is 2.26. The van der Waals surface area contributed by atoms with Gasteiger partial charge in [-0.25, -0.2) is 0 Å². The largest absolute Gasteiger partial charge is 0.506 e. The van der Waals surface area contributed by atoms with Crippen molar-refractivity contribution in [3.63, 3.8) is 0 Å². The molecule has 0 fully saturated rings. The van der Waals surface area contributed by atoms with Gasteiger partial charge >= 0.3 is 5.69 Å². The minimum atomic E-state index is -4.49. The predicted octanol–water partition coefficient (Wildman–Crippen LogP) is 1.12. The van der Waals surface area contributed by atoms with Crippen molar-refractivity contribution in [1.82, 2.24) is 0 Å². The summed E-state index contributed by atoms with van der Waals surface area (Å²) in [7, 11) is -4.49. The summed E-state index contributed by atoms with van der Waals surface area (Å²) >= 11 is 0. The molecule has 2 N–H and O–H groups in total. The van der Waals surface area contributed by atoms with Crippen LogP contribution in [0.15, 0.2) is 23.1 Å². The Labute approximate surface area is 73.8 Å². The van der Waals surface area contributed by atoms with Gasteiger partial charge in [0.25, 0.3) is 10.1 Å². The van der Waals surface area contributed by atoms with Gasteiger partial charge in [0, 0.05) is 6.07 Å². The molecule has 1 rings (SSSR count). The third kappa shape index (κ3) is 1.93. The number of rotatable bonds is 1. The minimum absolute atomic E-state index is 0.0783. The average molecular weight is 201 g/mol. The predicted molar refractivity (Wildman–Crippen MR) is 42.7 cm³/mol. The number of phenolic OH excluding ortho intramolecular Hbond substituents is 1. The molecule has 1 aromatic rings. The number of aromatic hydroxyl groups is 1. The molecule has 0 saturated heterocycles. The molecule has 68 valence electrons. The van der Waals surface area contributed by atoms with E-state index in [-0.39, 0.29) is 5.69 Å². The monoisotopic (exact) mass is 201 g/mol. The first-order valence-corrected chi connectivity index (χ1v) is 4.55. The van der Waals surface area contributed by atoms with Crippen LogP contribution in [0.2, 0.25) is 0 Å². The lowest BCUT2D eigenvalue weighted by Gasteiger charge is -1.96. The van der Waals surface area contributed by atoms with E-state index in [9.17, 15) is 8.42 Å². The Morgan fingerprint density at radius 2 is 2.00 bits per heavy atom. The molecule has 0 aliphatic carbocycles. The molecule has 6 nitrogen and oxygen atoms in total. The molecule has 0 spiro atoms. The van der Waals surface area contributed by atoms with Gasteiger partial charge in [0.15, 0.2) is 4.98 Å². The second kappa shape index (κ2) is 3.01. The van der Waals surface area contributed by atoms with Crippen molar-refractivity contribution in [3.8, 4) is 5.75 Å². The van der Waals surface area contributed by atoms with Crippen LogP contribution < -0.4 is 0 Å². The Morgan fingerprint density at radius 1 is 1.38 bits per heavy atom. The van der Waals surface area contributed by atoms with Crippen LogP contribution in [0.3, 0.4) is 0 Å². The van der Waals surface area contributed by atoms with Gasteiger partial charge in [-0.2, -0.15) is 8.42 Å². The van der Waals surface area contributed by atoms with Crippen molar-refractivity contribution in [2.75, 3.05) is 0 Å². The van der Waals surface area contributed by atoms with E-state index in [0.29, 0.717) is 0 Å². The van der Waals surface area contributed by atoms with E-state index in [2.05, 4.69) is 4.98 Å². The molecule has 0 amide bonds. The summed E-state index contributed by atoms with van der Waals surface area (Å²) < 4.78 is 29.8. The fraction of sp³-hybridized carbons (Fsp3) is 0. The van der Waals surface area contributed by atoms with Crippen LogP contribution in [0.4, 0.5) is 5.69 Å². The summed E-state index contributed by atoms with van der Waals surface area (Å²) in [4.78, 5) is 2.01. The quantitative estimate of drug-likeness (QED) is 0.523. The lowest BCUT2D eigenvalue weighted by molar-refractivity contribution is 0.443. The first-order valence-electron chi connectivity index (χ1n) is 3.11. The van der Waals surface area contributed by atoms with E-state index in [0.717, 1.165) is 12.1 Å². The fourth-order valence-corrected chi connectivity index (χ4v) is 1.37. The number of nitrogens with zero attached hydrogens (tertiary/aromatic N) is 2. The second-order valence-electron chi connectivity index (χ2n) is 2.23. The van der Waals surface area contributed by atoms with Crippen LogP contribution >= 0.6 is 0 Å². The third-order valence-corrected chi connectivity index (χ3v) is 2.22. The fourth-order valence-electron chi connectivity index (χ4n) is 0.772. The Kier molecular flexibility index (Phi) is 2.18. The minimum Gasteiger partial charge on any atom is -0.506 e. The van der Waals surface area contributed by atoms with Crippen LogP contribution in [-0.4, -0.2) is 18.1 Å². The molecule has 0 atom stereocenters. The number of phenols is 1. The molecule has 7 heteroatoms. The number of diazo groups is 1. The Bertz CT molecular complexity index is 474. The summed E-state index contributed by atoms with van der Waals surface area (Å²) in [6.45, 7) is 0. The van der Waals surface area contributed by atoms with Gasteiger partial charge < -0.3 is 5.11 Å². The van der Waals surface area contributed by atoms with Crippen LogP contribution in [0.5, 0.6) is 5.75 Å². The van der Waals surface area contributed by atoms with Gasteiger partial charge in [-0.15, -0.1) is 0 Å². The SMILES string of the molecule is N#[N+]c1ccc(O)c(S(=O)(=O)O)c1. The van der Waals surface area contributed by atoms with Crippen molar-refractivity contribution >= 4 is 15.8 Å². The summed E-state index contributed by atoms with van der Waals surface area (Å²) in [6, 6.07) is 3.02. The zero-order chi connectivity index (χ0) is 10.1. The standard InChI is InChI=1S/C6H4N2O4S/c7-8-4-1-2-5(9)6(3-4)13(10,11)12/h1-3H,(H-,9,10,11,12)/p+1. The molecule has 0 unspecified atom stereocenters. The molecule has 0 heterocycles. The van der Waals surface area contributed by atoms with E-state index >= 15 is 0 Å². The number of hydrogen-bond acceptors (Lipinski definition) is 4. The molecule has 0 saturated carbocycles. The van der Waals surface area contributed by atoms with Gasteiger partial charge in [0.1, 0.15) is 10.6 Å². The van der Waals surface area contributed by atoms with E-state index < -0.39 is 20.8 Å². The van der Waals surface area contributed by atoms with Gasteiger partial charge in [-0.3, -0.25) is 4.55 Å². The maximum absolute atomic E-state index is 10.6. The molecule has 0 aliphatic rings. The molecule has 0 aliphatic heterocycles. The average Bonchev–Trinajstić information content (AvgIpc) is 2.03. The van der Waals surface area contributed by atoms with Gasteiger partial charge in [-0.1, -0.05) is 0 Å².